The van der Waals surface area contributed by atoms with Crippen LogP contribution in [0.2, 0.25) is 0 Å². The second kappa shape index (κ2) is 7.09. The molecule has 1 aliphatic heterocycles. The Morgan fingerprint density at radius 2 is 1.81 bits per heavy atom. The maximum absolute atomic E-state index is 12.8. The van der Waals surface area contributed by atoms with Crippen LogP contribution in [0.15, 0.2) is 6.07 Å². The molecular weight excluding hydrogens is 346 g/mol. The average molecular weight is 371 g/mol. The Morgan fingerprint density at radius 3 is 2.37 bits per heavy atom. The second-order valence-electron chi connectivity index (χ2n) is 7.25. The van der Waals surface area contributed by atoms with E-state index < -0.39 is 11.9 Å². The van der Waals surface area contributed by atoms with E-state index in [4.69, 9.17) is 0 Å². The Bertz CT molecular complexity index is 885. The molecule has 0 aliphatic carbocycles. The molecule has 2 atom stereocenters. The van der Waals surface area contributed by atoms with Crippen LogP contribution in [-0.4, -0.2) is 54.2 Å². The van der Waals surface area contributed by atoms with Gasteiger partial charge in [0.25, 0.3) is 5.95 Å². The number of rotatable bonds is 4. The van der Waals surface area contributed by atoms with Crippen LogP contribution in [0.25, 0.3) is 5.95 Å². The summed E-state index contributed by atoms with van der Waals surface area (Å²) in [5.41, 5.74) is 4.13. The molecule has 0 saturated carbocycles. The van der Waals surface area contributed by atoms with Crippen molar-refractivity contribution in [2.24, 2.45) is 5.92 Å². The van der Waals surface area contributed by atoms with Gasteiger partial charge in [0.15, 0.2) is 0 Å². The minimum atomic E-state index is -0.843. The first kappa shape index (κ1) is 19.0. The molecule has 0 radical (unpaired) electrons. The zero-order chi connectivity index (χ0) is 19.9. The summed E-state index contributed by atoms with van der Waals surface area (Å²) in [5, 5.41) is 13.8. The summed E-state index contributed by atoms with van der Waals surface area (Å²) in [6.45, 7) is 9.85. The van der Waals surface area contributed by atoms with Crippen molar-refractivity contribution in [3.8, 4) is 5.95 Å². The summed E-state index contributed by atoms with van der Waals surface area (Å²) < 4.78 is 1.67. The topological polar surface area (TPSA) is 101 Å². The molecule has 2 unspecified atom stereocenters. The van der Waals surface area contributed by atoms with Crippen molar-refractivity contribution in [1.82, 2.24) is 24.6 Å². The lowest BCUT2D eigenvalue weighted by molar-refractivity contribution is -0.143. The third-order valence-corrected chi connectivity index (χ3v) is 5.32. The Hall–Kier alpha value is -2.77. The van der Waals surface area contributed by atoms with Crippen LogP contribution in [0.4, 0.5) is 0 Å². The van der Waals surface area contributed by atoms with Gasteiger partial charge in [0.05, 0.1) is 18.0 Å². The van der Waals surface area contributed by atoms with E-state index in [1.54, 1.807) is 16.5 Å². The fraction of sp³-hybridized carbons (Fsp3) is 0.526. The molecule has 8 nitrogen and oxygen atoms in total. The molecule has 1 fully saturated rings. The Balaban J connectivity index is 1.85. The summed E-state index contributed by atoms with van der Waals surface area (Å²) in [5.74, 6) is -0.918. The lowest BCUT2D eigenvalue weighted by Gasteiger charge is -2.23. The summed E-state index contributed by atoms with van der Waals surface area (Å²) in [6, 6.07) is 1.60. The van der Waals surface area contributed by atoms with Crippen molar-refractivity contribution in [3.05, 3.63) is 34.4 Å². The maximum atomic E-state index is 12.8. The van der Waals surface area contributed by atoms with E-state index >= 15 is 0 Å². The summed E-state index contributed by atoms with van der Waals surface area (Å²) in [4.78, 5) is 34.7. The first-order valence-electron chi connectivity index (χ1n) is 9.09. The Kier molecular flexibility index (Phi) is 4.99. The minimum absolute atomic E-state index is 0.0710. The number of aryl methyl sites for hydroxylation is 3. The lowest BCUT2D eigenvalue weighted by atomic mass is 10.0. The van der Waals surface area contributed by atoms with E-state index in [1.165, 1.54) is 0 Å². The summed E-state index contributed by atoms with van der Waals surface area (Å²) in [6.07, 6.45) is 0.690. The van der Waals surface area contributed by atoms with Gasteiger partial charge in [-0.3, -0.25) is 9.59 Å². The van der Waals surface area contributed by atoms with Gasteiger partial charge >= 0.3 is 5.97 Å². The predicted octanol–water partition coefficient (Wildman–Crippen LogP) is 1.76. The smallest absolute Gasteiger partial charge is 0.308 e. The molecule has 2 aromatic heterocycles. The largest absolute Gasteiger partial charge is 0.481 e. The molecule has 3 heterocycles. The highest BCUT2D eigenvalue weighted by Gasteiger charge is 2.38. The van der Waals surface area contributed by atoms with E-state index in [-0.39, 0.29) is 18.4 Å². The van der Waals surface area contributed by atoms with Gasteiger partial charge in [-0.1, -0.05) is 0 Å². The van der Waals surface area contributed by atoms with Crippen LogP contribution in [0, 0.1) is 33.6 Å². The number of nitrogens with zero attached hydrogens (tertiary/aromatic N) is 5. The molecular formula is C19H25N5O3. The maximum Gasteiger partial charge on any atom is 0.308 e. The number of carbonyl (C=O) groups is 2. The number of hydrogen-bond acceptors (Lipinski definition) is 5. The Morgan fingerprint density at radius 1 is 1.19 bits per heavy atom. The van der Waals surface area contributed by atoms with Gasteiger partial charge in [0.2, 0.25) is 5.91 Å². The number of aromatic nitrogens is 4. The van der Waals surface area contributed by atoms with Gasteiger partial charge in [0, 0.05) is 35.2 Å². The number of carboxylic acid groups (broad SMARTS) is 1. The molecule has 1 saturated heterocycles. The molecule has 0 aromatic carbocycles. The first-order valence-corrected chi connectivity index (χ1v) is 9.09. The van der Waals surface area contributed by atoms with Gasteiger partial charge in [-0.2, -0.15) is 5.10 Å². The number of likely N-dealkylation sites (tertiary alicyclic amines) is 1. The second-order valence-corrected chi connectivity index (χ2v) is 7.25. The van der Waals surface area contributed by atoms with E-state index in [0.29, 0.717) is 18.9 Å². The predicted molar refractivity (Wildman–Crippen MR) is 98.7 cm³/mol. The first-order chi connectivity index (χ1) is 12.7. The number of carboxylic acids is 1. The average Bonchev–Trinajstić information content (AvgIpc) is 3.09. The van der Waals surface area contributed by atoms with Crippen molar-refractivity contribution < 1.29 is 14.7 Å². The molecule has 1 N–H and O–H groups in total. The van der Waals surface area contributed by atoms with Gasteiger partial charge in [-0.25, -0.2) is 14.6 Å². The van der Waals surface area contributed by atoms with Crippen LogP contribution >= 0.6 is 0 Å². The van der Waals surface area contributed by atoms with E-state index in [1.807, 2.05) is 33.8 Å². The molecule has 0 bridgehead atoms. The van der Waals surface area contributed by atoms with Crippen molar-refractivity contribution in [1.29, 1.82) is 0 Å². The van der Waals surface area contributed by atoms with Crippen molar-refractivity contribution in [2.75, 3.05) is 6.54 Å². The third kappa shape index (κ3) is 3.56. The molecule has 1 aliphatic rings. The fourth-order valence-electron chi connectivity index (χ4n) is 3.80. The van der Waals surface area contributed by atoms with Crippen LogP contribution in [0.3, 0.4) is 0 Å². The van der Waals surface area contributed by atoms with Crippen molar-refractivity contribution >= 4 is 11.9 Å². The number of amides is 1. The molecule has 3 rings (SSSR count). The number of carbonyl (C=O) groups excluding carboxylic acids is 1. The highest BCUT2D eigenvalue weighted by atomic mass is 16.4. The molecule has 27 heavy (non-hydrogen) atoms. The lowest BCUT2D eigenvalue weighted by Crippen LogP contribution is -2.38. The van der Waals surface area contributed by atoms with E-state index in [0.717, 1.165) is 28.3 Å². The van der Waals surface area contributed by atoms with Crippen molar-refractivity contribution in [3.63, 3.8) is 0 Å². The molecule has 144 valence electrons. The van der Waals surface area contributed by atoms with E-state index in [9.17, 15) is 14.7 Å². The van der Waals surface area contributed by atoms with Gasteiger partial charge in [-0.15, -0.1) is 0 Å². The zero-order valence-corrected chi connectivity index (χ0v) is 16.4. The SMILES string of the molecule is Cc1cc(C)nc(-n2nc(C)c(CC(=O)N3CCC(C(=O)O)C3C)c2C)n1. The van der Waals surface area contributed by atoms with E-state index in [2.05, 4.69) is 15.1 Å². The highest BCUT2D eigenvalue weighted by Crippen LogP contribution is 2.26. The molecule has 1 amide bonds. The quantitative estimate of drug-likeness (QED) is 0.879. The van der Waals surface area contributed by atoms with Gasteiger partial charge in [-0.05, 0) is 47.1 Å². The highest BCUT2D eigenvalue weighted by molar-refractivity contribution is 5.81. The molecule has 0 spiro atoms. The molecule has 8 heteroatoms. The number of aliphatic carboxylic acids is 1. The van der Waals surface area contributed by atoms with Gasteiger partial charge in [0.1, 0.15) is 0 Å². The Labute approximate surface area is 158 Å². The third-order valence-electron chi connectivity index (χ3n) is 5.32. The molecule has 2 aromatic rings. The summed E-state index contributed by atoms with van der Waals surface area (Å²) in [7, 11) is 0. The van der Waals surface area contributed by atoms with Crippen LogP contribution < -0.4 is 0 Å². The van der Waals surface area contributed by atoms with Crippen LogP contribution in [0.1, 0.15) is 41.7 Å². The van der Waals surface area contributed by atoms with Crippen LogP contribution in [-0.2, 0) is 16.0 Å². The standard InChI is InChI=1S/C19H25N5O3/c1-10-8-11(2)21-19(20-10)24-14(5)16(12(3)22-24)9-17(25)23-7-6-15(13(23)4)18(26)27/h8,13,15H,6-7,9H2,1-5H3,(H,26,27). The van der Waals surface area contributed by atoms with Crippen molar-refractivity contribution in [2.45, 2.75) is 53.5 Å². The van der Waals surface area contributed by atoms with Gasteiger partial charge < -0.3 is 10.0 Å². The summed E-state index contributed by atoms with van der Waals surface area (Å²) >= 11 is 0. The minimum Gasteiger partial charge on any atom is -0.481 e. The fourth-order valence-corrected chi connectivity index (χ4v) is 3.80. The zero-order valence-electron chi connectivity index (χ0n) is 16.4. The monoisotopic (exact) mass is 371 g/mol. The van der Waals surface area contributed by atoms with Crippen LogP contribution in [0.5, 0.6) is 0 Å². The normalized spacial score (nSPS) is 19.5. The number of hydrogen-bond donors (Lipinski definition) is 1.